The third-order valence-corrected chi connectivity index (χ3v) is 6.59. The number of hydrazone groups is 1. The number of hydrogen-bond donors (Lipinski definition) is 1. The first-order valence-electron chi connectivity index (χ1n) is 12.5. The molecule has 39 heavy (non-hydrogen) atoms. The highest BCUT2D eigenvalue weighted by Crippen LogP contribution is 2.28. The van der Waals surface area contributed by atoms with Gasteiger partial charge in [0.2, 0.25) is 0 Å². The standard InChI is InChI=1S/C32H26N2O5/c1-20-3-5-22(6-4-20)7-17-29(35)23-8-10-24(11-9-23)30-18-16-27(39-30)19-28-21(2)33-34(31(28)36)26-14-12-25(13-15-26)32(37)38/h3-6,8-16,18-19H,7,17H2,1-2H3,(H,37,38)/b28-19-. The van der Waals surface area contributed by atoms with Crippen molar-refractivity contribution in [3.05, 3.63) is 119 Å². The first-order valence-corrected chi connectivity index (χ1v) is 12.5. The van der Waals surface area contributed by atoms with Crippen LogP contribution in [0.15, 0.2) is 100 Å². The Bertz CT molecular complexity index is 1610. The summed E-state index contributed by atoms with van der Waals surface area (Å²) in [5.74, 6) is -0.181. The molecule has 0 atom stereocenters. The Morgan fingerprint density at radius 3 is 2.21 bits per heavy atom. The summed E-state index contributed by atoms with van der Waals surface area (Å²) in [5, 5.41) is 14.7. The van der Waals surface area contributed by atoms with Crippen molar-refractivity contribution in [1.82, 2.24) is 0 Å². The van der Waals surface area contributed by atoms with Crippen LogP contribution in [0.3, 0.4) is 0 Å². The molecule has 4 aromatic rings. The second kappa shape index (κ2) is 10.8. The minimum Gasteiger partial charge on any atom is -0.478 e. The van der Waals surface area contributed by atoms with Gasteiger partial charge >= 0.3 is 5.97 Å². The van der Waals surface area contributed by atoms with E-state index in [1.807, 2.05) is 25.1 Å². The summed E-state index contributed by atoms with van der Waals surface area (Å²) in [6.07, 6.45) is 2.78. The van der Waals surface area contributed by atoms with Crippen LogP contribution < -0.4 is 5.01 Å². The number of carbonyl (C=O) groups excluding carboxylic acids is 2. The van der Waals surface area contributed by atoms with Gasteiger partial charge in [-0.05, 0) is 68.3 Å². The Morgan fingerprint density at radius 1 is 0.872 bits per heavy atom. The second-order valence-corrected chi connectivity index (χ2v) is 9.40. The maximum Gasteiger partial charge on any atom is 0.335 e. The van der Waals surface area contributed by atoms with Crippen LogP contribution >= 0.6 is 0 Å². The van der Waals surface area contributed by atoms with Gasteiger partial charge in [-0.3, -0.25) is 9.59 Å². The molecule has 0 saturated heterocycles. The zero-order chi connectivity index (χ0) is 27.5. The molecule has 0 aliphatic carbocycles. The summed E-state index contributed by atoms with van der Waals surface area (Å²) < 4.78 is 5.97. The minimum absolute atomic E-state index is 0.0867. The number of amides is 1. The number of Topliss-reactive ketones (excluding diaryl/α,β-unsaturated/α-hetero) is 1. The molecule has 0 saturated carbocycles. The molecule has 5 rings (SSSR count). The van der Waals surface area contributed by atoms with Gasteiger partial charge in [-0.1, -0.05) is 54.1 Å². The lowest BCUT2D eigenvalue weighted by Gasteiger charge is -2.11. The third kappa shape index (κ3) is 5.62. The molecule has 7 heteroatoms. The van der Waals surface area contributed by atoms with Crippen LogP contribution in [0.2, 0.25) is 0 Å². The molecule has 1 aliphatic rings. The first-order chi connectivity index (χ1) is 18.8. The Kier molecular flexibility index (Phi) is 7.06. The molecular weight excluding hydrogens is 492 g/mol. The highest BCUT2D eigenvalue weighted by Gasteiger charge is 2.29. The fraction of sp³-hybridized carbons (Fsp3) is 0.125. The molecule has 0 spiro atoms. The Labute approximate surface area is 225 Å². The van der Waals surface area contributed by atoms with Crippen LogP contribution in [-0.2, 0) is 11.2 Å². The second-order valence-electron chi connectivity index (χ2n) is 9.40. The monoisotopic (exact) mass is 518 g/mol. The maximum absolute atomic E-state index is 13.0. The van der Waals surface area contributed by atoms with E-state index in [0.717, 1.165) is 11.1 Å². The zero-order valence-electron chi connectivity index (χ0n) is 21.5. The van der Waals surface area contributed by atoms with Crippen molar-refractivity contribution < 1.29 is 23.9 Å². The largest absolute Gasteiger partial charge is 0.478 e. The average Bonchev–Trinajstić information content (AvgIpc) is 3.53. The van der Waals surface area contributed by atoms with Crippen LogP contribution in [0.4, 0.5) is 5.69 Å². The van der Waals surface area contributed by atoms with Crippen LogP contribution in [0, 0.1) is 6.92 Å². The van der Waals surface area contributed by atoms with Gasteiger partial charge in [0.05, 0.1) is 22.5 Å². The first kappa shape index (κ1) is 25.6. The summed E-state index contributed by atoms with van der Waals surface area (Å²) in [6, 6.07) is 25.1. The van der Waals surface area contributed by atoms with Gasteiger partial charge < -0.3 is 9.52 Å². The number of carboxylic acid groups (broad SMARTS) is 1. The Morgan fingerprint density at radius 2 is 1.54 bits per heavy atom. The number of furan rings is 1. The number of aromatic carboxylic acids is 1. The van der Waals surface area contributed by atoms with Gasteiger partial charge in [-0.15, -0.1) is 0 Å². The highest BCUT2D eigenvalue weighted by molar-refractivity contribution is 6.32. The quantitative estimate of drug-likeness (QED) is 0.210. The van der Waals surface area contributed by atoms with Crippen LogP contribution in [0.1, 0.15) is 50.9 Å². The van der Waals surface area contributed by atoms with Crippen molar-refractivity contribution in [1.29, 1.82) is 0 Å². The molecule has 1 aliphatic heterocycles. The van der Waals surface area contributed by atoms with Gasteiger partial charge in [0.15, 0.2) is 5.78 Å². The van der Waals surface area contributed by atoms with E-state index < -0.39 is 5.97 Å². The van der Waals surface area contributed by atoms with Gasteiger partial charge in [-0.2, -0.15) is 10.1 Å². The van der Waals surface area contributed by atoms with E-state index in [9.17, 15) is 14.4 Å². The summed E-state index contributed by atoms with van der Waals surface area (Å²) >= 11 is 0. The van der Waals surface area contributed by atoms with Gasteiger partial charge in [0, 0.05) is 17.5 Å². The Hall–Kier alpha value is -5.04. The number of ketones is 1. The third-order valence-electron chi connectivity index (χ3n) is 6.59. The Balaban J connectivity index is 1.25. The summed E-state index contributed by atoms with van der Waals surface area (Å²) in [6.45, 7) is 3.77. The normalized spacial score (nSPS) is 14.1. The van der Waals surface area contributed by atoms with Gasteiger partial charge in [-0.25, -0.2) is 4.79 Å². The van der Waals surface area contributed by atoms with Crippen molar-refractivity contribution >= 4 is 35.1 Å². The molecule has 0 bridgehead atoms. The van der Waals surface area contributed by atoms with Crippen molar-refractivity contribution in [2.75, 3.05) is 5.01 Å². The van der Waals surface area contributed by atoms with E-state index in [1.54, 1.807) is 43.3 Å². The molecule has 1 aromatic heterocycles. The summed E-state index contributed by atoms with van der Waals surface area (Å²) in [4.78, 5) is 36.8. The van der Waals surface area contributed by atoms with Crippen LogP contribution in [0.5, 0.6) is 0 Å². The molecule has 7 nitrogen and oxygen atoms in total. The average molecular weight is 519 g/mol. The van der Waals surface area contributed by atoms with Gasteiger partial charge in [0.25, 0.3) is 5.91 Å². The lowest BCUT2D eigenvalue weighted by Crippen LogP contribution is -2.21. The fourth-order valence-electron chi connectivity index (χ4n) is 4.31. The predicted octanol–water partition coefficient (Wildman–Crippen LogP) is 6.57. The number of nitrogens with zero attached hydrogens (tertiary/aromatic N) is 2. The number of anilines is 1. The number of benzene rings is 3. The molecule has 1 amide bonds. The minimum atomic E-state index is -1.04. The molecular formula is C32H26N2O5. The van der Waals surface area contributed by atoms with Crippen molar-refractivity contribution in [2.45, 2.75) is 26.7 Å². The number of aryl methyl sites for hydroxylation is 2. The molecule has 2 heterocycles. The molecule has 0 fully saturated rings. The van der Waals surface area contributed by atoms with Gasteiger partial charge in [0.1, 0.15) is 11.5 Å². The molecule has 1 N–H and O–H groups in total. The number of rotatable bonds is 8. The van der Waals surface area contributed by atoms with Crippen molar-refractivity contribution in [3.8, 4) is 11.3 Å². The molecule has 0 unspecified atom stereocenters. The smallest absolute Gasteiger partial charge is 0.335 e. The fourth-order valence-corrected chi connectivity index (χ4v) is 4.31. The van der Waals surface area contributed by atoms with E-state index in [2.05, 4.69) is 29.4 Å². The van der Waals surface area contributed by atoms with Crippen LogP contribution in [0.25, 0.3) is 17.4 Å². The lowest BCUT2D eigenvalue weighted by molar-refractivity contribution is -0.114. The predicted molar refractivity (Wildman–Crippen MR) is 150 cm³/mol. The topological polar surface area (TPSA) is 100 Å². The van der Waals surface area contributed by atoms with E-state index in [1.165, 1.54) is 22.7 Å². The zero-order valence-corrected chi connectivity index (χ0v) is 21.5. The molecule has 3 aromatic carbocycles. The van der Waals surface area contributed by atoms with Crippen molar-refractivity contribution in [3.63, 3.8) is 0 Å². The summed E-state index contributed by atoms with van der Waals surface area (Å²) in [5.41, 5.74) is 5.32. The SMILES string of the molecule is CC1=NN(c2ccc(C(=O)O)cc2)C(=O)/C1=C\c1ccc(-c2ccc(C(=O)CCc3ccc(C)cc3)cc2)o1. The number of carbonyl (C=O) groups is 3. The molecule has 194 valence electrons. The summed E-state index contributed by atoms with van der Waals surface area (Å²) in [7, 11) is 0. The van der Waals surface area contributed by atoms with Crippen molar-refractivity contribution in [2.24, 2.45) is 5.10 Å². The highest BCUT2D eigenvalue weighted by atomic mass is 16.4. The number of carboxylic acids is 1. The van der Waals surface area contributed by atoms with E-state index in [4.69, 9.17) is 9.52 Å². The van der Waals surface area contributed by atoms with Crippen LogP contribution in [-0.4, -0.2) is 28.5 Å². The molecule has 0 radical (unpaired) electrons. The lowest BCUT2D eigenvalue weighted by atomic mass is 10.0. The number of hydrogen-bond acceptors (Lipinski definition) is 5. The van der Waals surface area contributed by atoms with E-state index in [-0.39, 0.29) is 17.3 Å². The maximum atomic E-state index is 13.0. The van der Waals surface area contributed by atoms with E-state index in [0.29, 0.717) is 46.9 Å². The van der Waals surface area contributed by atoms with E-state index >= 15 is 0 Å².